The largest absolute Gasteiger partial charge is 0.324 e. The summed E-state index contributed by atoms with van der Waals surface area (Å²) >= 11 is 1.58. The van der Waals surface area contributed by atoms with Crippen molar-refractivity contribution in [2.45, 2.75) is 43.3 Å². The molecule has 0 spiro atoms. The maximum Gasteiger partial charge on any atom is 0.248 e. The Morgan fingerprint density at radius 2 is 2.06 bits per heavy atom. The number of nitrogens with zero attached hydrogens (tertiary/aromatic N) is 3. The van der Waals surface area contributed by atoms with Gasteiger partial charge in [0, 0.05) is 25.6 Å². The Labute approximate surface area is 109 Å². The second-order valence-corrected chi connectivity index (χ2v) is 5.76. The SMILES string of the molecule is Cn1c(CN)nnc1SCC1CCC(F)(F)CC1. The molecule has 0 saturated heterocycles. The van der Waals surface area contributed by atoms with Crippen molar-refractivity contribution in [2.75, 3.05) is 5.75 Å². The molecular formula is C11H18F2N4S. The Morgan fingerprint density at radius 1 is 1.39 bits per heavy atom. The van der Waals surface area contributed by atoms with Gasteiger partial charge in [0.05, 0.1) is 6.54 Å². The van der Waals surface area contributed by atoms with E-state index in [0.717, 1.165) is 16.7 Å². The highest BCUT2D eigenvalue weighted by Gasteiger charge is 2.34. The summed E-state index contributed by atoms with van der Waals surface area (Å²) in [6.07, 6.45) is 1.24. The minimum atomic E-state index is -2.45. The fourth-order valence-corrected chi connectivity index (χ4v) is 3.22. The Bertz CT molecular complexity index is 398. The van der Waals surface area contributed by atoms with Crippen molar-refractivity contribution >= 4 is 11.8 Å². The van der Waals surface area contributed by atoms with Crippen LogP contribution in [0.15, 0.2) is 5.16 Å². The summed E-state index contributed by atoms with van der Waals surface area (Å²) in [6, 6.07) is 0. The molecule has 1 aromatic heterocycles. The highest BCUT2D eigenvalue weighted by molar-refractivity contribution is 7.99. The number of nitrogens with two attached hydrogens (primary N) is 1. The van der Waals surface area contributed by atoms with Crippen LogP contribution in [-0.2, 0) is 13.6 Å². The lowest BCUT2D eigenvalue weighted by atomic mass is 9.88. The van der Waals surface area contributed by atoms with E-state index >= 15 is 0 Å². The van der Waals surface area contributed by atoms with Gasteiger partial charge in [-0.1, -0.05) is 11.8 Å². The van der Waals surface area contributed by atoms with Crippen LogP contribution in [0.3, 0.4) is 0 Å². The molecule has 0 unspecified atom stereocenters. The first-order valence-electron chi connectivity index (χ1n) is 6.11. The molecule has 0 amide bonds. The van der Waals surface area contributed by atoms with Gasteiger partial charge in [0.15, 0.2) is 5.16 Å². The third kappa shape index (κ3) is 3.20. The summed E-state index contributed by atoms with van der Waals surface area (Å²) in [6.45, 7) is 0.361. The molecule has 4 nitrogen and oxygen atoms in total. The average Bonchev–Trinajstić information content (AvgIpc) is 2.69. The lowest BCUT2D eigenvalue weighted by Crippen LogP contribution is -2.25. The maximum atomic E-state index is 13.0. The van der Waals surface area contributed by atoms with Crippen molar-refractivity contribution in [3.8, 4) is 0 Å². The summed E-state index contributed by atoms with van der Waals surface area (Å²) in [5.41, 5.74) is 5.52. The van der Waals surface area contributed by atoms with E-state index in [-0.39, 0.29) is 12.8 Å². The standard InChI is InChI=1S/C11H18F2N4S/c1-17-9(6-14)15-16-10(17)18-7-8-2-4-11(12,13)5-3-8/h8H,2-7,14H2,1H3. The van der Waals surface area contributed by atoms with Crippen molar-refractivity contribution < 1.29 is 8.78 Å². The minimum absolute atomic E-state index is 0.0189. The highest BCUT2D eigenvalue weighted by Crippen LogP contribution is 2.38. The van der Waals surface area contributed by atoms with Crippen LogP contribution in [0.1, 0.15) is 31.5 Å². The quantitative estimate of drug-likeness (QED) is 0.856. The van der Waals surface area contributed by atoms with Gasteiger partial charge < -0.3 is 10.3 Å². The van der Waals surface area contributed by atoms with Gasteiger partial charge in [-0.2, -0.15) is 0 Å². The van der Waals surface area contributed by atoms with Crippen molar-refractivity contribution in [1.82, 2.24) is 14.8 Å². The summed E-state index contributed by atoms with van der Waals surface area (Å²) in [5, 5.41) is 8.83. The summed E-state index contributed by atoms with van der Waals surface area (Å²) in [7, 11) is 1.87. The Kier molecular flexibility index (Phi) is 4.21. The molecule has 1 aliphatic rings. The molecule has 102 valence electrons. The summed E-state index contributed by atoms with van der Waals surface area (Å²) in [4.78, 5) is 0. The molecule has 0 radical (unpaired) electrons. The van der Waals surface area contributed by atoms with E-state index in [1.54, 1.807) is 11.8 Å². The van der Waals surface area contributed by atoms with E-state index in [4.69, 9.17) is 5.73 Å². The molecule has 0 atom stereocenters. The monoisotopic (exact) mass is 276 g/mol. The van der Waals surface area contributed by atoms with E-state index in [1.807, 2.05) is 11.6 Å². The molecular weight excluding hydrogens is 258 g/mol. The van der Waals surface area contributed by atoms with Gasteiger partial charge in [-0.05, 0) is 18.8 Å². The molecule has 0 bridgehead atoms. The van der Waals surface area contributed by atoms with E-state index in [0.29, 0.717) is 25.3 Å². The van der Waals surface area contributed by atoms with Crippen molar-refractivity contribution in [3.63, 3.8) is 0 Å². The zero-order valence-electron chi connectivity index (χ0n) is 10.4. The highest BCUT2D eigenvalue weighted by atomic mass is 32.2. The second kappa shape index (κ2) is 5.52. The molecule has 0 aliphatic heterocycles. The van der Waals surface area contributed by atoms with Gasteiger partial charge in [0.2, 0.25) is 5.92 Å². The fraction of sp³-hybridized carbons (Fsp3) is 0.818. The van der Waals surface area contributed by atoms with Crippen LogP contribution in [0.2, 0.25) is 0 Å². The van der Waals surface area contributed by atoms with E-state index < -0.39 is 5.92 Å². The van der Waals surface area contributed by atoms with Crippen LogP contribution in [-0.4, -0.2) is 26.4 Å². The summed E-state index contributed by atoms with van der Waals surface area (Å²) in [5.74, 6) is -0.522. The third-order valence-electron chi connectivity index (χ3n) is 3.39. The fourth-order valence-electron chi connectivity index (χ4n) is 2.11. The van der Waals surface area contributed by atoms with Crippen LogP contribution in [0, 0.1) is 5.92 Å². The molecule has 2 rings (SSSR count). The second-order valence-electron chi connectivity index (χ2n) is 4.77. The number of halogens is 2. The first kappa shape index (κ1) is 13.7. The van der Waals surface area contributed by atoms with E-state index in [1.165, 1.54) is 0 Å². The third-order valence-corrected chi connectivity index (χ3v) is 4.64. The van der Waals surface area contributed by atoms with Gasteiger partial charge in [0.25, 0.3) is 0 Å². The van der Waals surface area contributed by atoms with Crippen LogP contribution in [0.4, 0.5) is 8.78 Å². The first-order valence-corrected chi connectivity index (χ1v) is 7.09. The number of hydrogen-bond donors (Lipinski definition) is 1. The molecule has 1 saturated carbocycles. The predicted octanol–water partition coefficient (Wildman–Crippen LogP) is 2.19. The van der Waals surface area contributed by atoms with Crippen molar-refractivity contribution in [2.24, 2.45) is 18.7 Å². The molecule has 0 aromatic carbocycles. The predicted molar refractivity (Wildman–Crippen MR) is 66.5 cm³/mol. The molecule has 1 heterocycles. The normalized spacial score (nSPS) is 20.2. The topological polar surface area (TPSA) is 56.7 Å². The lowest BCUT2D eigenvalue weighted by Gasteiger charge is -2.27. The van der Waals surface area contributed by atoms with E-state index in [2.05, 4.69) is 10.2 Å². The Morgan fingerprint density at radius 3 is 2.61 bits per heavy atom. The van der Waals surface area contributed by atoms with Gasteiger partial charge in [0.1, 0.15) is 5.82 Å². The van der Waals surface area contributed by atoms with Crippen LogP contribution in [0.5, 0.6) is 0 Å². The van der Waals surface area contributed by atoms with Gasteiger partial charge in [-0.3, -0.25) is 0 Å². The van der Waals surface area contributed by atoms with Gasteiger partial charge in [-0.15, -0.1) is 10.2 Å². The molecule has 2 N–H and O–H groups in total. The van der Waals surface area contributed by atoms with Crippen LogP contribution < -0.4 is 5.73 Å². The number of aromatic nitrogens is 3. The number of hydrogen-bond acceptors (Lipinski definition) is 4. The summed E-state index contributed by atoms with van der Waals surface area (Å²) < 4.78 is 27.9. The zero-order chi connectivity index (χ0) is 13.2. The van der Waals surface area contributed by atoms with Gasteiger partial charge in [-0.25, -0.2) is 8.78 Å². The Hall–Kier alpha value is -0.690. The first-order chi connectivity index (χ1) is 8.52. The van der Waals surface area contributed by atoms with Gasteiger partial charge >= 0.3 is 0 Å². The maximum absolute atomic E-state index is 13.0. The average molecular weight is 276 g/mol. The molecule has 1 aromatic rings. The molecule has 18 heavy (non-hydrogen) atoms. The minimum Gasteiger partial charge on any atom is -0.324 e. The number of rotatable bonds is 4. The molecule has 1 aliphatic carbocycles. The van der Waals surface area contributed by atoms with E-state index in [9.17, 15) is 8.78 Å². The lowest BCUT2D eigenvalue weighted by molar-refractivity contribution is -0.0433. The van der Waals surface area contributed by atoms with Crippen LogP contribution in [0.25, 0.3) is 0 Å². The zero-order valence-corrected chi connectivity index (χ0v) is 11.2. The number of alkyl halides is 2. The molecule has 1 fully saturated rings. The van der Waals surface area contributed by atoms with Crippen LogP contribution >= 0.6 is 11.8 Å². The van der Waals surface area contributed by atoms with Crippen molar-refractivity contribution in [1.29, 1.82) is 0 Å². The molecule has 7 heteroatoms. The Balaban J connectivity index is 1.83. The number of thioether (sulfide) groups is 1. The smallest absolute Gasteiger partial charge is 0.248 e. The van der Waals surface area contributed by atoms with Crippen molar-refractivity contribution in [3.05, 3.63) is 5.82 Å².